The predicted octanol–water partition coefficient (Wildman–Crippen LogP) is 2.96. The quantitative estimate of drug-likeness (QED) is 0.425. The van der Waals surface area contributed by atoms with Crippen LogP contribution in [0.1, 0.15) is 50.2 Å². The van der Waals surface area contributed by atoms with Gasteiger partial charge in [0.25, 0.3) is 11.8 Å². The molecule has 0 aliphatic carbocycles. The largest absolute Gasteiger partial charge is 0.395 e. The lowest BCUT2D eigenvalue weighted by Crippen LogP contribution is -2.45. The highest BCUT2D eigenvalue weighted by molar-refractivity contribution is 7.09. The molecule has 0 bridgehead atoms. The lowest BCUT2D eigenvalue weighted by atomic mass is 10.0. The van der Waals surface area contributed by atoms with Crippen molar-refractivity contribution in [1.29, 1.82) is 0 Å². The minimum atomic E-state index is -1.18. The normalized spacial score (nSPS) is 15.9. The van der Waals surface area contributed by atoms with Gasteiger partial charge in [0, 0.05) is 18.8 Å². The Balaban J connectivity index is 1.80. The molecule has 3 amide bonds. The highest BCUT2D eigenvalue weighted by Gasteiger charge is 2.36. The van der Waals surface area contributed by atoms with E-state index >= 15 is 0 Å². The van der Waals surface area contributed by atoms with E-state index < -0.39 is 29.6 Å². The molecule has 1 aliphatic rings. The number of halogens is 1. The number of nitrogens with one attached hydrogen (secondary N) is 1. The first-order valence-corrected chi connectivity index (χ1v) is 12.1. The first kappa shape index (κ1) is 25.3. The number of ether oxygens (including phenoxy) is 1. The van der Waals surface area contributed by atoms with Gasteiger partial charge in [0.15, 0.2) is 5.69 Å². The molecule has 0 radical (unpaired) electrons. The first-order chi connectivity index (χ1) is 17.3. The molecule has 1 saturated heterocycles. The molecule has 9 nitrogen and oxygen atoms in total. The number of nitrogen functional groups attached to an aromatic ring is 1. The van der Waals surface area contributed by atoms with Crippen LogP contribution in [0.2, 0.25) is 0 Å². The van der Waals surface area contributed by atoms with Gasteiger partial charge in [-0.05, 0) is 66.7 Å². The number of hydrogen-bond acceptors (Lipinski definition) is 7. The van der Waals surface area contributed by atoms with E-state index in [1.54, 1.807) is 18.2 Å². The number of benzene rings is 2. The van der Waals surface area contributed by atoms with E-state index in [2.05, 4.69) is 9.69 Å². The van der Waals surface area contributed by atoms with Crippen molar-refractivity contribution in [2.24, 2.45) is 5.73 Å². The van der Waals surface area contributed by atoms with Gasteiger partial charge in [0.05, 0.1) is 11.8 Å². The van der Waals surface area contributed by atoms with Crippen molar-refractivity contribution in [1.82, 2.24) is 9.69 Å². The molecule has 0 spiro atoms. The van der Waals surface area contributed by atoms with Gasteiger partial charge in [-0.25, -0.2) is 4.39 Å². The molecule has 188 valence electrons. The number of nitrogens with zero attached hydrogens (tertiary/aromatic N) is 2. The minimum Gasteiger partial charge on any atom is -0.395 e. The number of aromatic nitrogens is 1. The van der Waals surface area contributed by atoms with E-state index in [9.17, 15) is 18.8 Å². The zero-order valence-corrected chi connectivity index (χ0v) is 20.4. The summed E-state index contributed by atoms with van der Waals surface area (Å²) in [5.41, 5.74) is 12.7. The molecule has 11 heteroatoms. The average Bonchev–Trinajstić information content (AvgIpc) is 3.51. The predicted molar refractivity (Wildman–Crippen MR) is 134 cm³/mol. The molecule has 36 heavy (non-hydrogen) atoms. The van der Waals surface area contributed by atoms with Gasteiger partial charge in [0.2, 0.25) is 5.91 Å². The average molecular weight is 512 g/mol. The fraction of sp³-hybridized carbons (Fsp3) is 0.280. The zero-order valence-electron chi connectivity index (χ0n) is 19.6. The second kappa shape index (κ2) is 10.8. The summed E-state index contributed by atoms with van der Waals surface area (Å²) < 4.78 is 23.3. The van der Waals surface area contributed by atoms with Crippen LogP contribution >= 0.6 is 11.5 Å². The number of nitrogens with two attached hydrogens (primary N) is 2. The molecule has 1 aliphatic heterocycles. The van der Waals surface area contributed by atoms with Crippen LogP contribution < -0.4 is 21.7 Å². The third kappa shape index (κ3) is 5.37. The number of carbonyl (C=O) groups is 3. The lowest BCUT2D eigenvalue weighted by Gasteiger charge is -2.31. The third-order valence-electron chi connectivity index (χ3n) is 5.87. The maximum absolute atomic E-state index is 13.9. The standard InChI is InChI=1S/C25H26FN5O4S/c1-14-4-2-5-17(12-14)31(25(34)22-19(27)20(23(28)32)30-36-22)21(15-7-9-16(26)10-8-15)24(33)29-13-18-6-3-11-35-18/h2,4-5,7-10,12,18,21H,3,6,11,13,27H2,1H3,(H2,28,32)(H,29,33). The Labute approximate surface area is 211 Å². The summed E-state index contributed by atoms with van der Waals surface area (Å²) in [6.45, 7) is 2.74. The van der Waals surface area contributed by atoms with Crippen molar-refractivity contribution in [3.05, 3.63) is 76.0 Å². The van der Waals surface area contributed by atoms with E-state index in [-0.39, 0.29) is 28.9 Å². The van der Waals surface area contributed by atoms with Crippen molar-refractivity contribution in [2.45, 2.75) is 31.9 Å². The number of amides is 3. The Morgan fingerprint density at radius 1 is 1.25 bits per heavy atom. The highest BCUT2D eigenvalue weighted by atomic mass is 32.1. The molecule has 2 atom stereocenters. The third-order valence-corrected chi connectivity index (χ3v) is 6.73. The summed E-state index contributed by atoms with van der Waals surface area (Å²) in [5.74, 6) is -2.48. The van der Waals surface area contributed by atoms with Gasteiger partial charge >= 0.3 is 0 Å². The van der Waals surface area contributed by atoms with Crippen LogP contribution in [-0.2, 0) is 9.53 Å². The summed E-state index contributed by atoms with van der Waals surface area (Å²) in [6.07, 6.45) is 1.60. The number of anilines is 2. The number of primary amides is 1. The molecular weight excluding hydrogens is 485 g/mol. The Hall–Kier alpha value is -3.83. The monoisotopic (exact) mass is 511 g/mol. The summed E-state index contributed by atoms with van der Waals surface area (Å²) >= 11 is 0.722. The number of hydrogen-bond donors (Lipinski definition) is 3. The summed E-state index contributed by atoms with van der Waals surface area (Å²) in [5, 5.41) is 2.88. The lowest BCUT2D eigenvalue weighted by molar-refractivity contribution is -0.123. The number of rotatable bonds is 8. The highest BCUT2D eigenvalue weighted by Crippen LogP contribution is 2.33. The number of aryl methyl sites for hydroxylation is 1. The van der Waals surface area contributed by atoms with Crippen molar-refractivity contribution >= 4 is 40.6 Å². The topological polar surface area (TPSA) is 141 Å². The maximum atomic E-state index is 13.9. The molecule has 2 aromatic carbocycles. The molecule has 3 aromatic rings. The summed E-state index contributed by atoms with van der Waals surface area (Å²) in [7, 11) is 0. The van der Waals surface area contributed by atoms with Gasteiger partial charge in [-0.3, -0.25) is 19.3 Å². The van der Waals surface area contributed by atoms with Gasteiger partial charge < -0.3 is 21.5 Å². The van der Waals surface area contributed by atoms with E-state index in [4.69, 9.17) is 16.2 Å². The second-order valence-electron chi connectivity index (χ2n) is 8.49. The molecule has 2 heterocycles. The van der Waals surface area contributed by atoms with Crippen molar-refractivity contribution in [3.8, 4) is 0 Å². The van der Waals surface area contributed by atoms with Gasteiger partial charge in [0.1, 0.15) is 16.7 Å². The SMILES string of the molecule is Cc1cccc(N(C(=O)c2snc(C(N)=O)c2N)C(C(=O)NCC2CCCO2)c2ccc(F)cc2)c1. The van der Waals surface area contributed by atoms with E-state index in [0.717, 1.165) is 29.9 Å². The van der Waals surface area contributed by atoms with E-state index in [0.29, 0.717) is 17.9 Å². The molecule has 1 fully saturated rings. The Bertz CT molecular complexity index is 1270. The Kier molecular flexibility index (Phi) is 7.61. The van der Waals surface area contributed by atoms with Gasteiger partial charge in [-0.2, -0.15) is 4.37 Å². The van der Waals surface area contributed by atoms with Crippen molar-refractivity contribution in [3.63, 3.8) is 0 Å². The van der Waals surface area contributed by atoms with Gasteiger partial charge in [-0.15, -0.1) is 0 Å². The molecule has 4 rings (SSSR count). The fourth-order valence-electron chi connectivity index (χ4n) is 4.08. The second-order valence-corrected chi connectivity index (χ2v) is 9.26. The Morgan fingerprint density at radius 3 is 2.61 bits per heavy atom. The smallest absolute Gasteiger partial charge is 0.273 e. The number of carbonyl (C=O) groups excluding carboxylic acids is 3. The van der Waals surface area contributed by atoms with Crippen molar-refractivity contribution in [2.75, 3.05) is 23.8 Å². The molecule has 2 unspecified atom stereocenters. The molecule has 1 aromatic heterocycles. The summed E-state index contributed by atoms with van der Waals surface area (Å²) in [4.78, 5) is 40.5. The van der Waals surface area contributed by atoms with Gasteiger partial charge in [-0.1, -0.05) is 24.3 Å². The van der Waals surface area contributed by atoms with Crippen LogP contribution in [-0.4, -0.2) is 41.4 Å². The zero-order chi connectivity index (χ0) is 25.8. The van der Waals surface area contributed by atoms with Crippen LogP contribution in [0, 0.1) is 12.7 Å². The van der Waals surface area contributed by atoms with Crippen LogP contribution in [0.3, 0.4) is 0 Å². The van der Waals surface area contributed by atoms with Crippen LogP contribution in [0.5, 0.6) is 0 Å². The molecule has 5 N–H and O–H groups in total. The first-order valence-electron chi connectivity index (χ1n) is 11.4. The summed E-state index contributed by atoms with van der Waals surface area (Å²) in [6, 6.07) is 11.2. The molecular formula is C25H26FN5O4S. The molecule has 0 saturated carbocycles. The van der Waals surface area contributed by atoms with Crippen LogP contribution in [0.15, 0.2) is 48.5 Å². The fourth-order valence-corrected chi connectivity index (χ4v) is 4.82. The van der Waals surface area contributed by atoms with Crippen molar-refractivity contribution < 1.29 is 23.5 Å². The van der Waals surface area contributed by atoms with Crippen LogP contribution in [0.4, 0.5) is 15.8 Å². The van der Waals surface area contributed by atoms with E-state index in [1.165, 1.54) is 29.2 Å². The minimum absolute atomic E-state index is 0.0376. The maximum Gasteiger partial charge on any atom is 0.273 e. The Morgan fingerprint density at radius 2 is 2.00 bits per heavy atom. The van der Waals surface area contributed by atoms with E-state index in [1.807, 2.05) is 13.0 Å². The van der Waals surface area contributed by atoms with Crippen LogP contribution in [0.25, 0.3) is 0 Å².